The van der Waals surface area contributed by atoms with Crippen molar-refractivity contribution in [1.29, 1.82) is 0 Å². The largest absolute Gasteiger partial charge is 0.347 e. The zero-order valence-corrected chi connectivity index (χ0v) is 81.3. The Morgan fingerprint density at radius 3 is 0.991 bits per heavy atom. The van der Waals surface area contributed by atoms with E-state index >= 15 is 0 Å². The maximum absolute atomic E-state index is 12.7. The number of hydrogen-bond donors (Lipinski definition) is 0. The summed E-state index contributed by atoms with van der Waals surface area (Å²) in [4.78, 5) is 33.8. The van der Waals surface area contributed by atoms with Crippen LogP contribution in [0.2, 0.25) is 0 Å². The Labute approximate surface area is 680 Å². The molecule has 0 bridgehead atoms. The molecule has 4 fully saturated rings. The normalized spacial score (nSPS) is 18.9. The van der Waals surface area contributed by atoms with Crippen LogP contribution in [-0.4, -0.2) is 152 Å². The Kier molecular flexibility index (Phi) is 46.6. The van der Waals surface area contributed by atoms with Crippen LogP contribution in [0, 0.1) is 43.3 Å². The second-order valence-electron chi connectivity index (χ2n) is 46.4. The van der Waals surface area contributed by atoms with E-state index in [-0.39, 0.29) is 44.1 Å². The molecular formula is C91H184N6O6S4. The molecule has 12 nitrogen and oxygen atoms in total. The number of carbonyl (C=O) groups is 2. The van der Waals surface area contributed by atoms with E-state index < -0.39 is 20.0 Å². The van der Waals surface area contributed by atoms with E-state index in [2.05, 4.69) is 218 Å². The van der Waals surface area contributed by atoms with Crippen molar-refractivity contribution in [1.82, 2.24) is 28.2 Å². The summed E-state index contributed by atoms with van der Waals surface area (Å²) >= 11 is 11.0. The third-order valence-corrected chi connectivity index (χ3v) is 26.3. The summed E-state index contributed by atoms with van der Waals surface area (Å²) in [5, 5.41) is 0.750. The van der Waals surface area contributed by atoms with Crippen LogP contribution in [0.15, 0.2) is 0 Å². The van der Waals surface area contributed by atoms with E-state index in [1.54, 1.807) is 8.61 Å². The number of unbranched alkanes of at least 4 members (excludes halogenated alkanes) is 8. The van der Waals surface area contributed by atoms with Gasteiger partial charge in [0, 0.05) is 87.4 Å². The minimum absolute atomic E-state index is 0.0444. The first-order valence-corrected chi connectivity index (χ1v) is 46.8. The van der Waals surface area contributed by atoms with Gasteiger partial charge in [0.25, 0.3) is 0 Å². The van der Waals surface area contributed by atoms with Gasteiger partial charge < -0.3 is 19.6 Å². The molecule has 16 heteroatoms. The Hall–Kier alpha value is -1.46. The van der Waals surface area contributed by atoms with Crippen LogP contribution in [-0.2, 0) is 24.8 Å². The molecule has 4 aliphatic heterocycles. The number of Topliss-reactive ketones (excluding diaryl/α,β-unsaturated/α-hetero) is 1. The molecule has 2 atom stereocenters. The molecule has 4 heterocycles. The van der Waals surface area contributed by atoms with E-state index in [0.29, 0.717) is 56.8 Å². The van der Waals surface area contributed by atoms with Crippen LogP contribution >= 0.6 is 24.4 Å². The average molecular weight is 1590 g/mol. The van der Waals surface area contributed by atoms with Crippen molar-refractivity contribution in [2.45, 2.75) is 468 Å². The Morgan fingerprint density at radius 2 is 0.664 bits per heavy atom. The number of rotatable bonds is 28. The Morgan fingerprint density at radius 1 is 0.346 bits per heavy atom. The van der Waals surface area contributed by atoms with Gasteiger partial charge in [0.15, 0.2) is 5.11 Å². The predicted molar refractivity (Wildman–Crippen MR) is 480 cm³/mol. The lowest BCUT2D eigenvalue weighted by Gasteiger charge is -2.40. The van der Waals surface area contributed by atoms with E-state index in [1.165, 1.54) is 94.8 Å². The summed E-state index contributed by atoms with van der Waals surface area (Å²) < 4.78 is 53.7. The summed E-state index contributed by atoms with van der Waals surface area (Å²) in [7, 11) is -6.17. The highest BCUT2D eigenvalue weighted by atomic mass is 32.2. The molecule has 0 N–H and O–H groups in total. The third-order valence-electron chi connectivity index (χ3n) is 20.1. The fraction of sp³-hybridized carbons (Fsp3) is 0.956. The molecule has 0 aromatic carbocycles. The quantitative estimate of drug-likeness (QED) is 0.0553. The molecular weight excluding hydrogens is 1400 g/mol. The average Bonchev–Trinajstić information content (AvgIpc) is 1.77. The summed E-state index contributed by atoms with van der Waals surface area (Å²) in [5.74, 6) is 0.434. The van der Waals surface area contributed by atoms with Crippen molar-refractivity contribution in [2.24, 2.45) is 43.3 Å². The van der Waals surface area contributed by atoms with Gasteiger partial charge in [-0.05, 0) is 253 Å². The fourth-order valence-electron chi connectivity index (χ4n) is 14.1. The maximum Gasteiger partial charge on any atom is 0.320 e. The number of ketones is 1. The minimum Gasteiger partial charge on any atom is -0.347 e. The molecule has 0 aliphatic carbocycles. The summed E-state index contributed by atoms with van der Waals surface area (Å²) in [6.45, 7) is 86.5. The monoisotopic (exact) mass is 1590 g/mol. The molecule has 0 saturated carbocycles. The highest BCUT2D eigenvalue weighted by Crippen LogP contribution is 2.36. The number of sulfonamides is 2. The van der Waals surface area contributed by atoms with Crippen LogP contribution in [0.25, 0.3) is 0 Å². The molecule has 4 rings (SSSR count). The van der Waals surface area contributed by atoms with Gasteiger partial charge in [-0.25, -0.2) is 21.6 Å². The lowest BCUT2D eigenvalue weighted by molar-refractivity contribution is -0.120. The first kappa shape index (κ1) is 108. The first-order chi connectivity index (χ1) is 47.8. The molecule has 2 unspecified atom stereocenters. The Bertz CT molecular complexity index is 2620. The van der Waals surface area contributed by atoms with Crippen LogP contribution in [0.1, 0.15) is 435 Å². The fourth-order valence-corrected chi connectivity index (χ4v) is 20.0. The van der Waals surface area contributed by atoms with Crippen molar-refractivity contribution in [2.75, 3.05) is 52.4 Å². The van der Waals surface area contributed by atoms with Crippen LogP contribution in [0.5, 0.6) is 0 Å². The summed E-state index contributed by atoms with van der Waals surface area (Å²) in [5.41, 5.74) is 2.58. The molecule has 0 aromatic rings. The number of thiocarbonyl (C=S) groups is 2. The summed E-state index contributed by atoms with van der Waals surface area (Å²) in [6, 6.07) is 0.221. The van der Waals surface area contributed by atoms with Gasteiger partial charge in [0.05, 0.1) is 10.5 Å². The van der Waals surface area contributed by atoms with E-state index in [1.807, 2.05) is 51.3 Å². The molecule has 0 aromatic heterocycles. The number of hydrogen-bond acceptors (Lipinski definition) is 8. The molecule has 0 spiro atoms. The molecule has 2 amide bonds. The van der Waals surface area contributed by atoms with Crippen LogP contribution in [0.4, 0.5) is 4.79 Å². The van der Waals surface area contributed by atoms with Gasteiger partial charge in [0.1, 0.15) is 5.78 Å². The van der Waals surface area contributed by atoms with Crippen molar-refractivity contribution < 1.29 is 26.4 Å². The maximum atomic E-state index is 12.7. The highest BCUT2D eigenvalue weighted by Gasteiger charge is 2.44. The first-order valence-electron chi connectivity index (χ1n) is 43.0. The topological polar surface area (TPSA) is 122 Å². The van der Waals surface area contributed by atoms with Crippen LogP contribution < -0.4 is 0 Å². The van der Waals surface area contributed by atoms with Crippen LogP contribution in [0.3, 0.4) is 0 Å². The van der Waals surface area contributed by atoms with Gasteiger partial charge in [-0.3, -0.25) is 4.79 Å². The van der Waals surface area contributed by atoms with Gasteiger partial charge in [0.2, 0.25) is 20.0 Å². The van der Waals surface area contributed by atoms with Gasteiger partial charge in [-0.2, -0.15) is 8.61 Å². The molecule has 0 radical (unpaired) electrons. The minimum atomic E-state index is -3.10. The summed E-state index contributed by atoms with van der Waals surface area (Å²) in [6.07, 6.45) is 32.2. The SMILES string of the molecule is CC(C)(C)CCCCC1CCCN(C(C)(C)C)S1(=O)=O.CC(C)(C)CCCCC1CCN(C(C)(C)C)S1(=O)=O.CC(C)(C)CCCCCC(=O)CC(C)(C)C.CC(C)(C)CCCCCC(=S)CC(C)(C)C.CC(C)(C)CCCCN1CCN(C(C)(C)C)C1=O.CC(C)(C)CCCCN1CCN(C(C)(C)C)C1=S. The lowest BCUT2D eigenvalue weighted by Crippen LogP contribution is -2.52. The second kappa shape index (κ2) is 46.3. The molecule has 107 heavy (non-hydrogen) atoms. The van der Waals surface area contributed by atoms with Crippen molar-refractivity contribution >= 4 is 66.3 Å². The van der Waals surface area contributed by atoms with Gasteiger partial charge in [-0.1, -0.05) is 243 Å². The van der Waals surface area contributed by atoms with Crippen molar-refractivity contribution in [3.8, 4) is 0 Å². The number of amides is 2. The molecule has 4 aliphatic rings. The third kappa shape index (κ3) is 53.3. The highest BCUT2D eigenvalue weighted by molar-refractivity contribution is 7.90. The van der Waals surface area contributed by atoms with Gasteiger partial charge in [-0.15, -0.1) is 0 Å². The smallest absolute Gasteiger partial charge is 0.320 e. The molecule has 638 valence electrons. The van der Waals surface area contributed by atoms with Gasteiger partial charge >= 0.3 is 6.03 Å². The zero-order valence-electron chi connectivity index (χ0n) is 78.1. The van der Waals surface area contributed by atoms with E-state index in [9.17, 15) is 26.4 Å². The number of urea groups is 1. The number of nitrogens with zero attached hydrogens (tertiary/aromatic N) is 6. The van der Waals surface area contributed by atoms with Crippen molar-refractivity contribution in [3.63, 3.8) is 0 Å². The second-order valence-corrected chi connectivity index (χ2v) is 51.6. The van der Waals surface area contributed by atoms with E-state index in [4.69, 9.17) is 24.4 Å². The molecule has 4 saturated heterocycles. The van der Waals surface area contributed by atoms with E-state index in [0.717, 1.165) is 141 Å². The predicted octanol–water partition coefficient (Wildman–Crippen LogP) is 26.4. The van der Waals surface area contributed by atoms with Crippen molar-refractivity contribution in [3.05, 3.63) is 0 Å². The Balaban J connectivity index is 0. The standard InChI is InChI=1S/C16H33NO2S.C15H30N2O.C15H30N2S.C15H31NO2S.C15H30O.C15H30S/c1-15(2,3)12-8-7-10-14-11-9-13-17(16(4,5)6)20(14,18)19;2*1-14(2,3)9-7-8-10-16-11-12-17(13(16)18)15(4,5)6;1-14(2,3)11-8-7-9-13-10-12-16(15(4,5)6)19(13,17)18;2*1-14(2,3)11-9-7-8-10-13(16)12-15(4,5)6/h14H,7-13H2,1-6H3;2*7-12H2,1-6H3;13H,7-12H2,1-6H3;2*7-12H2,1-6H3. The number of carbonyl (C=O) groups excluding carboxylic acids is 2. The zero-order chi connectivity index (χ0) is 84.1. The lowest BCUT2D eigenvalue weighted by atomic mass is 9.87.